The van der Waals surface area contributed by atoms with E-state index in [2.05, 4.69) is 26.1 Å². The van der Waals surface area contributed by atoms with Gasteiger partial charge in [-0.15, -0.1) is 4.91 Å². The molecule has 2 rings (SSSR count). The van der Waals surface area contributed by atoms with Crippen molar-refractivity contribution in [2.75, 3.05) is 0 Å². The van der Waals surface area contributed by atoms with E-state index >= 15 is 0 Å². The lowest BCUT2D eigenvalue weighted by molar-refractivity contribution is -0.136. The molecule has 0 spiro atoms. The van der Waals surface area contributed by atoms with E-state index in [0.717, 1.165) is 10.6 Å². The summed E-state index contributed by atoms with van der Waals surface area (Å²) in [6.45, 7) is 0. The molecule has 2 aromatic rings. The zero-order chi connectivity index (χ0) is 12.6. The molecule has 0 unspecified atom stereocenters. The van der Waals surface area contributed by atoms with E-state index in [0.29, 0.717) is 4.47 Å². The molecule has 0 saturated carbocycles. The highest BCUT2D eigenvalue weighted by Gasteiger charge is 2.18. The molecule has 17 heavy (non-hydrogen) atoms. The molecule has 0 saturated heterocycles. The van der Waals surface area contributed by atoms with Gasteiger partial charge in [-0.1, -0.05) is 0 Å². The van der Waals surface area contributed by atoms with Gasteiger partial charge in [0.15, 0.2) is 5.65 Å². The van der Waals surface area contributed by atoms with E-state index in [9.17, 15) is 14.1 Å². The van der Waals surface area contributed by atoms with Gasteiger partial charge >= 0.3 is 5.97 Å². The van der Waals surface area contributed by atoms with Crippen molar-refractivity contribution < 1.29 is 14.3 Å². The van der Waals surface area contributed by atoms with Crippen molar-refractivity contribution in [1.82, 2.24) is 9.38 Å². The molecule has 2 aromatic heterocycles. The number of nitrogens with zero attached hydrogens (tertiary/aromatic N) is 3. The molecular weight excluding hydrogens is 297 g/mol. The van der Waals surface area contributed by atoms with E-state index in [1.807, 2.05) is 0 Å². The summed E-state index contributed by atoms with van der Waals surface area (Å²) in [7, 11) is 0. The van der Waals surface area contributed by atoms with Gasteiger partial charge in [0, 0.05) is 6.20 Å². The van der Waals surface area contributed by atoms with Crippen LogP contribution in [0.4, 0.5) is 10.2 Å². The van der Waals surface area contributed by atoms with Crippen LogP contribution in [0.5, 0.6) is 0 Å². The van der Waals surface area contributed by atoms with Crippen molar-refractivity contribution in [2.45, 2.75) is 6.42 Å². The Morgan fingerprint density at radius 3 is 2.94 bits per heavy atom. The number of imidazole rings is 1. The third-order valence-corrected chi connectivity index (χ3v) is 2.67. The summed E-state index contributed by atoms with van der Waals surface area (Å²) in [5, 5.41) is 11.4. The van der Waals surface area contributed by atoms with Crippen molar-refractivity contribution >= 4 is 33.4 Å². The van der Waals surface area contributed by atoms with E-state index in [1.165, 1.54) is 6.07 Å². The quantitative estimate of drug-likeness (QED) is 0.881. The van der Waals surface area contributed by atoms with E-state index in [1.54, 1.807) is 0 Å². The number of halogens is 2. The second-order valence-electron chi connectivity index (χ2n) is 3.24. The fourth-order valence-electron chi connectivity index (χ4n) is 1.47. The van der Waals surface area contributed by atoms with Crippen LogP contribution in [-0.4, -0.2) is 20.5 Å². The molecule has 0 fully saturated rings. The molecule has 0 atom stereocenters. The first-order valence-corrected chi connectivity index (χ1v) is 5.23. The molecule has 0 aliphatic rings. The molecule has 0 aliphatic heterocycles. The number of hydrogen-bond acceptors (Lipinski definition) is 4. The topological polar surface area (TPSA) is 84.0 Å². The maximum Gasteiger partial charge on any atom is 0.309 e. The SMILES string of the molecule is O=Nc1c(CC(=O)O)nc2c(Br)cc(F)cn12. The predicted octanol–water partition coefficient (Wildman–Crippen LogP) is 2.26. The van der Waals surface area contributed by atoms with Gasteiger partial charge in [-0.05, 0) is 27.2 Å². The minimum Gasteiger partial charge on any atom is -0.481 e. The van der Waals surface area contributed by atoms with Crippen molar-refractivity contribution in [3.8, 4) is 0 Å². The zero-order valence-corrected chi connectivity index (χ0v) is 9.81. The lowest BCUT2D eigenvalue weighted by atomic mass is 10.3. The summed E-state index contributed by atoms with van der Waals surface area (Å²) in [5.41, 5.74) is 0.246. The van der Waals surface area contributed by atoms with Crippen molar-refractivity contribution in [3.63, 3.8) is 0 Å². The van der Waals surface area contributed by atoms with Crippen LogP contribution in [0, 0.1) is 10.7 Å². The molecule has 0 aliphatic carbocycles. The third kappa shape index (κ3) is 2.03. The molecular formula is C9H5BrFN3O3. The van der Waals surface area contributed by atoms with Crippen LogP contribution in [0.25, 0.3) is 5.65 Å². The Hall–Kier alpha value is -1.83. The molecule has 2 heterocycles. The molecule has 8 heteroatoms. The van der Waals surface area contributed by atoms with Gasteiger partial charge in [-0.2, -0.15) is 0 Å². The van der Waals surface area contributed by atoms with Gasteiger partial charge in [0.2, 0.25) is 5.82 Å². The summed E-state index contributed by atoms with van der Waals surface area (Å²) in [4.78, 5) is 25.2. The van der Waals surface area contributed by atoms with E-state index < -0.39 is 18.2 Å². The van der Waals surface area contributed by atoms with Gasteiger partial charge in [0.1, 0.15) is 11.5 Å². The average Bonchev–Trinajstić information content (AvgIpc) is 2.54. The summed E-state index contributed by atoms with van der Waals surface area (Å²) < 4.78 is 14.6. The second kappa shape index (κ2) is 4.21. The van der Waals surface area contributed by atoms with Gasteiger partial charge < -0.3 is 5.11 Å². The molecule has 1 N–H and O–H groups in total. The van der Waals surface area contributed by atoms with E-state index in [-0.39, 0.29) is 17.2 Å². The summed E-state index contributed by atoms with van der Waals surface area (Å²) >= 11 is 3.08. The number of hydrogen-bond donors (Lipinski definition) is 1. The standard InChI is InChI=1S/C9H5BrFN3O3/c10-5-1-4(11)3-14-8(5)12-6(2-7(15)16)9(14)13-17/h1,3H,2H2,(H,15,16). The molecule has 0 radical (unpaired) electrons. The van der Waals surface area contributed by atoms with Crippen LogP contribution in [0.3, 0.4) is 0 Å². The molecule has 0 amide bonds. The van der Waals surface area contributed by atoms with Crippen LogP contribution in [-0.2, 0) is 11.2 Å². The van der Waals surface area contributed by atoms with Gasteiger partial charge in [-0.25, -0.2) is 9.37 Å². The van der Waals surface area contributed by atoms with E-state index in [4.69, 9.17) is 5.11 Å². The smallest absolute Gasteiger partial charge is 0.309 e. The maximum atomic E-state index is 13.1. The highest BCUT2D eigenvalue weighted by atomic mass is 79.9. The summed E-state index contributed by atoms with van der Waals surface area (Å²) in [6.07, 6.45) is 0.575. The number of carboxylic acids is 1. The summed E-state index contributed by atoms with van der Waals surface area (Å²) in [5.74, 6) is -1.94. The fourth-order valence-corrected chi connectivity index (χ4v) is 1.96. The number of nitroso groups, excluding NO2 is 1. The monoisotopic (exact) mass is 301 g/mol. The van der Waals surface area contributed by atoms with Gasteiger partial charge in [-0.3, -0.25) is 9.20 Å². The van der Waals surface area contributed by atoms with Crippen LogP contribution in [0.15, 0.2) is 21.9 Å². The Balaban J connectivity index is 2.74. The Kier molecular flexibility index (Phi) is 2.88. The van der Waals surface area contributed by atoms with Crippen LogP contribution in [0.1, 0.15) is 5.69 Å². The fraction of sp³-hybridized carbons (Fsp3) is 0.111. The first-order valence-electron chi connectivity index (χ1n) is 4.44. The lowest BCUT2D eigenvalue weighted by Crippen LogP contribution is -2.00. The first kappa shape index (κ1) is 11.6. The Bertz CT molecular complexity index is 625. The summed E-state index contributed by atoms with van der Waals surface area (Å²) in [6, 6.07) is 1.17. The van der Waals surface area contributed by atoms with Gasteiger partial charge in [0.25, 0.3) is 0 Å². The number of rotatable bonds is 3. The minimum atomic E-state index is -1.14. The Labute approximate surface area is 102 Å². The number of carboxylic acid groups (broad SMARTS) is 1. The number of carbonyl (C=O) groups is 1. The zero-order valence-electron chi connectivity index (χ0n) is 8.22. The van der Waals surface area contributed by atoms with Crippen molar-refractivity contribution in [3.05, 3.63) is 33.2 Å². The number of aromatic nitrogens is 2. The number of fused-ring (bicyclic) bond motifs is 1. The minimum absolute atomic E-state index is 0.00111. The first-order chi connectivity index (χ1) is 8.02. The maximum absolute atomic E-state index is 13.1. The van der Waals surface area contributed by atoms with Crippen molar-refractivity contribution in [2.24, 2.45) is 5.18 Å². The molecule has 6 nitrogen and oxygen atoms in total. The third-order valence-electron chi connectivity index (χ3n) is 2.09. The Morgan fingerprint density at radius 1 is 1.65 bits per heavy atom. The van der Waals surface area contributed by atoms with Gasteiger partial charge in [0.05, 0.1) is 10.9 Å². The Morgan fingerprint density at radius 2 is 2.35 bits per heavy atom. The largest absolute Gasteiger partial charge is 0.481 e. The lowest BCUT2D eigenvalue weighted by Gasteiger charge is -1.97. The second-order valence-corrected chi connectivity index (χ2v) is 4.10. The normalized spacial score (nSPS) is 10.7. The molecule has 88 valence electrons. The van der Waals surface area contributed by atoms with Crippen molar-refractivity contribution in [1.29, 1.82) is 0 Å². The highest BCUT2D eigenvalue weighted by Crippen LogP contribution is 2.27. The molecule has 0 bridgehead atoms. The predicted molar refractivity (Wildman–Crippen MR) is 59.6 cm³/mol. The number of pyridine rings is 1. The molecule has 0 aromatic carbocycles. The van der Waals surface area contributed by atoms with Crippen LogP contribution in [0.2, 0.25) is 0 Å². The average molecular weight is 302 g/mol. The van der Waals surface area contributed by atoms with Crippen LogP contribution >= 0.6 is 15.9 Å². The number of aliphatic carboxylic acids is 1. The highest BCUT2D eigenvalue weighted by molar-refractivity contribution is 9.10. The van der Waals surface area contributed by atoms with Crippen LogP contribution < -0.4 is 0 Å².